The van der Waals surface area contributed by atoms with E-state index in [1.54, 1.807) is 25.6 Å². The number of hydrogen-bond acceptors (Lipinski definition) is 6. The van der Waals surface area contributed by atoms with Gasteiger partial charge in [0, 0.05) is 37.2 Å². The molecule has 0 fully saturated rings. The first-order chi connectivity index (χ1) is 12.6. The second-order valence-corrected chi connectivity index (χ2v) is 5.74. The van der Waals surface area contributed by atoms with Gasteiger partial charge in [-0.1, -0.05) is 11.6 Å². The van der Waals surface area contributed by atoms with Crippen molar-refractivity contribution in [1.82, 2.24) is 19.9 Å². The number of methoxy groups -OCH3 is 1. The number of halogens is 1. The molecular formula is C16H16ClN5O4. The quantitative estimate of drug-likeness (QED) is 0.541. The highest BCUT2D eigenvalue weighted by atomic mass is 35.5. The molecule has 0 aliphatic rings. The summed E-state index contributed by atoms with van der Waals surface area (Å²) >= 11 is 5.86. The second-order valence-electron chi connectivity index (χ2n) is 5.31. The lowest BCUT2D eigenvalue weighted by Crippen LogP contribution is -2.12. The average molecular weight is 378 g/mol. The number of hydrogen-bond donors (Lipinski definition) is 3. The fourth-order valence-electron chi connectivity index (χ4n) is 2.35. The van der Waals surface area contributed by atoms with Crippen LogP contribution in [0.25, 0.3) is 11.0 Å². The predicted octanol–water partition coefficient (Wildman–Crippen LogP) is 2.71. The molecule has 10 heteroatoms. The monoisotopic (exact) mass is 377 g/mol. The highest BCUT2D eigenvalue weighted by molar-refractivity contribution is 6.30. The number of fused-ring (bicyclic) bond motifs is 1. The van der Waals surface area contributed by atoms with Gasteiger partial charge in [-0.25, -0.2) is 4.79 Å². The van der Waals surface area contributed by atoms with Crippen LogP contribution in [0.15, 0.2) is 24.5 Å². The van der Waals surface area contributed by atoms with Crippen molar-refractivity contribution >= 4 is 34.5 Å². The van der Waals surface area contributed by atoms with Crippen LogP contribution in [0.5, 0.6) is 6.01 Å². The number of amides is 1. The van der Waals surface area contributed by atoms with Crippen molar-refractivity contribution in [2.75, 3.05) is 25.6 Å². The molecule has 3 heterocycles. The molecule has 136 valence electrons. The summed E-state index contributed by atoms with van der Waals surface area (Å²) in [5, 5.41) is 11.8. The minimum Gasteiger partial charge on any atom is -0.465 e. The number of nitrogens with zero attached hydrogens (tertiary/aromatic N) is 3. The van der Waals surface area contributed by atoms with Gasteiger partial charge >= 0.3 is 12.1 Å². The summed E-state index contributed by atoms with van der Waals surface area (Å²) in [5.41, 5.74) is 2.63. The van der Waals surface area contributed by atoms with Gasteiger partial charge in [0.1, 0.15) is 17.6 Å². The zero-order valence-corrected chi connectivity index (χ0v) is 14.6. The van der Waals surface area contributed by atoms with E-state index in [4.69, 9.17) is 26.2 Å². The Morgan fingerprint density at radius 2 is 2.19 bits per heavy atom. The lowest BCUT2D eigenvalue weighted by atomic mass is 10.1. The van der Waals surface area contributed by atoms with Gasteiger partial charge in [0.05, 0.1) is 11.6 Å². The van der Waals surface area contributed by atoms with Crippen LogP contribution in [0.3, 0.4) is 0 Å². The summed E-state index contributed by atoms with van der Waals surface area (Å²) in [6.45, 7) is 0.602. The highest BCUT2D eigenvalue weighted by Gasteiger charge is 2.16. The number of carbonyl (C=O) groups is 1. The molecule has 1 amide bonds. The Morgan fingerprint density at radius 3 is 2.88 bits per heavy atom. The molecule has 0 aliphatic heterocycles. The van der Waals surface area contributed by atoms with E-state index in [1.165, 1.54) is 0 Å². The van der Waals surface area contributed by atoms with Gasteiger partial charge in [-0.15, -0.1) is 0 Å². The summed E-state index contributed by atoms with van der Waals surface area (Å²) in [6, 6.07) is 3.63. The third-order valence-electron chi connectivity index (χ3n) is 3.49. The van der Waals surface area contributed by atoms with Gasteiger partial charge < -0.3 is 19.6 Å². The van der Waals surface area contributed by atoms with E-state index in [2.05, 4.69) is 25.3 Å². The van der Waals surface area contributed by atoms with Crippen LogP contribution in [0.1, 0.15) is 11.3 Å². The first-order valence-electron chi connectivity index (χ1n) is 7.67. The number of anilines is 1. The number of H-pyrrole nitrogens is 1. The average Bonchev–Trinajstić information content (AvgIpc) is 3.00. The Balaban J connectivity index is 1.97. The van der Waals surface area contributed by atoms with E-state index < -0.39 is 6.09 Å². The van der Waals surface area contributed by atoms with Gasteiger partial charge in [0.25, 0.3) is 0 Å². The molecule has 9 nitrogen and oxygen atoms in total. The Hall–Kier alpha value is -2.91. The standard InChI is InChI=1S/C16H16ClN5O4/c1-25-4-5-26-15-20-12-9(6-11-3-2-10(17)8-18-11)7-19-13(12)14(21-15)22-16(23)24/h2-3,7-8,19H,4-6H2,1H3,(H,23,24)(H,20,21,22). The fraction of sp³-hybridized carbons (Fsp3) is 0.250. The second kappa shape index (κ2) is 7.98. The number of rotatable bonds is 7. The molecule has 3 N–H and O–H groups in total. The minimum atomic E-state index is -1.23. The number of pyridine rings is 1. The number of nitrogens with one attached hydrogen (secondary N) is 2. The maximum atomic E-state index is 11.0. The summed E-state index contributed by atoms with van der Waals surface area (Å²) in [6.07, 6.45) is 2.56. The van der Waals surface area contributed by atoms with Crippen LogP contribution >= 0.6 is 11.6 Å². The molecule has 3 aromatic heterocycles. The molecule has 0 aromatic carbocycles. The van der Waals surface area contributed by atoms with Crippen molar-refractivity contribution in [3.05, 3.63) is 40.8 Å². The SMILES string of the molecule is COCCOc1nc(NC(=O)O)c2[nH]cc(Cc3ccc(Cl)cn3)c2n1. The van der Waals surface area contributed by atoms with Gasteiger partial charge in [0.15, 0.2) is 5.82 Å². The molecule has 0 bridgehead atoms. The number of carboxylic acid groups (broad SMARTS) is 1. The van der Waals surface area contributed by atoms with Crippen LogP contribution < -0.4 is 10.1 Å². The summed E-state index contributed by atoms with van der Waals surface area (Å²) < 4.78 is 10.4. The third kappa shape index (κ3) is 4.19. The first-order valence-corrected chi connectivity index (χ1v) is 8.04. The summed E-state index contributed by atoms with van der Waals surface area (Å²) in [5.74, 6) is 0.116. The van der Waals surface area contributed by atoms with Gasteiger partial charge in [0.2, 0.25) is 0 Å². The topological polar surface area (TPSA) is 122 Å². The minimum absolute atomic E-state index is 0.0585. The van der Waals surface area contributed by atoms with E-state index in [1.807, 2.05) is 6.07 Å². The zero-order valence-electron chi connectivity index (χ0n) is 13.8. The molecule has 0 saturated heterocycles. The van der Waals surface area contributed by atoms with Crippen LogP contribution in [-0.2, 0) is 11.2 Å². The Bertz CT molecular complexity index is 913. The van der Waals surface area contributed by atoms with Crippen LogP contribution in [0, 0.1) is 0 Å². The maximum Gasteiger partial charge on any atom is 0.410 e. The molecule has 0 saturated carbocycles. The maximum absolute atomic E-state index is 11.0. The highest BCUT2D eigenvalue weighted by Crippen LogP contribution is 2.26. The smallest absolute Gasteiger partial charge is 0.410 e. The molecule has 3 rings (SSSR count). The molecule has 0 unspecified atom stereocenters. The van der Waals surface area contributed by atoms with E-state index in [0.717, 1.165) is 11.3 Å². The lowest BCUT2D eigenvalue weighted by Gasteiger charge is -2.08. The molecule has 0 radical (unpaired) electrons. The van der Waals surface area contributed by atoms with Gasteiger partial charge in [-0.3, -0.25) is 10.3 Å². The largest absolute Gasteiger partial charge is 0.465 e. The third-order valence-corrected chi connectivity index (χ3v) is 3.71. The van der Waals surface area contributed by atoms with E-state index >= 15 is 0 Å². The first kappa shape index (κ1) is 17.9. The molecule has 26 heavy (non-hydrogen) atoms. The lowest BCUT2D eigenvalue weighted by molar-refractivity contribution is 0.141. The van der Waals surface area contributed by atoms with Crippen molar-refractivity contribution < 1.29 is 19.4 Å². The molecule has 0 aliphatic carbocycles. The number of aromatic nitrogens is 4. The van der Waals surface area contributed by atoms with Crippen LogP contribution in [-0.4, -0.2) is 51.5 Å². The molecule has 3 aromatic rings. The Morgan fingerprint density at radius 1 is 1.35 bits per heavy atom. The summed E-state index contributed by atoms with van der Waals surface area (Å²) in [4.78, 5) is 26.8. The number of aromatic amines is 1. The van der Waals surface area contributed by atoms with E-state index in [-0.39, 0.29) is 18.4 Å². The zero-order chi connectivity index (χ0) is 18.5. The fourth-order valence-corrected chi connectivity index (χ4v) is 2.46. The van der Waals surface area contributed by atoms with Crippen molar-refractivity contribution in [2.45, 2.75) is 6.42 Å². The van der Waals surface area contributed by atoms with Crippen molar-refractivity contribution in [1.29, 1.82) is 0 Å². The Labute approximate surface area is 153 Å². The normalized spacial score (nSPS) is 10.8. The van der Waals surface area contributed by atoms with E-state index in [0.29, 0.717) is 29.1 Å². The van der Waals surface area contributed by atoms with E-state index in [9.17, 15) is 4.79 Å². The van der Waals surface area contributed by atoms with Crippen molar-refractivity contribution in [3.63, 3.8) is 0 Å². The van der Waals surface area contributed by atoms with Crippen LogP contribution in [0.2, 0.25) is 5.02 Å². The van der Waals surface area contributed by atoms with Crippen LogP contribution in [0.4, 0.5) is 10.6 Å². The van der Waals surface area contributed by atoms with Crippen molar-refractivity contribution in [2.24, 2.45) is 0 Å². The molecule has 0 spiro atoms. The number of ether oxygens (including phenoxy) is 2. The van der Waals surface area contributed by atoms with Gasteiger partial charge in [-0.05, 0) is 12.1 Å². The van der Waals surface area contributed by atoms with Gasteiger partial charge in [-0.2, -0.15) is 9.97 Å². The van der Waals surface area contributed by atoms with Crippen molar-refractivity contribution in [3.8, 4) is 6.01 Å². The molecule has 0 atom stereocenters. The molecular weight excluding hydrogens is 362 g/mol. The predicted molar refractivity (Wildman–Crippen MR) is 95.0 cm³/mol. The Kier molecular flexibility index (Phi) is 5.49. The summed E-state index contributed by atoms with van der Waals surface area (Å²) in [7, 11) is 1.55.